The van der Waals surface area contributed by atoms with Gasteiger partial charge >= 0.3 is 6.18 Å². The van der Waals surface area contributed by atoms with E-state index >= 15 is 0 Å². The quantitative estimate of drug-likeness (QED) is 0.513. The summed E-state index contributed by atoms with van der Waals surface area (Å²) < 4.78 is 66.1. The average molecular weight is 424 g/mol. The number of halogens is 5. The highest BCUT2D eigenvalue weighted by Gasteiger charge is 2.35. The van der Waals surface area contributed by atoms with Crippen LogP contribution in [0.25, 0.3) is 10.8 Å². The van der Waals surface area contributed by atoms with Crippen molar-refractivity contribution in [2.45, 2.75) is 41.7 Å². The van der Waals surface area contributed by atoms with Gasteiger partial charge in [-0.15, -0.1) is 11.8 Å². The molecule has 0 saturated heterocycles. The van der Waals surface area contributed by atoms with Gasteiger partial charge in [0.2, 0.25) is 0 Å². The molecule has 1 aromatic heterocycles. The van der Waals surface area contributed by atoms with E-state index in [1.54, 1.807) is 24.5 Å². The molecular weight excluding hydrogens is 407 g/mol. The van der Waals surface area contributed by atoms with Crippen LogP contribution >= 0.6 is 11.8 Å². The molecule has 3 aromatic rings. The van der Waals surface area contributed by atoms with Gasteiger partial charge in [-0.25, -0.2) is 8.78 Å². The van der Waals surface area contributed by atoms with Crippen LogP contribution in [0.2, 0.25) is 0 Å². The van der Waals surface area contributed by atoms with Crippen LogP contribution in [-0.4, -0.2) is 16.3 Å². The fourth-order valence-electron chi connectivity index (χ4n) is 3.45. The third-order valence-corrected chi connectivity index (χ3v) is 6.33. The molecule has 0 radical (unpaired) electrons. The van der Waals surface area contributed by atoms with E-state index in [-0.39, 0.29) is 17.1 Å². The maximum Gasteiger partial charge on any atom is 0.419 e. The van der Waals surface area contributed by atoms with E-state index < -0.39 is 17.6 Å². The minimum absolute atomic E-state index is 0.139. The number of hydrogen-bond acceptors (Lipinski definition) is 3. The molecule has 0 bridgehead atoms. The molecule has 0 aliphatic heterocycles. The highest BCUT2D eigenvalue weighted by molar-refractivity contribution is 8.00. The van der Waals surface area contributed by atoms with E-state index in [9.17, 15) is 22.0 Å². The van der Waals surface area contributed by atoms with E-state index in [1.165, 1.54) is 23.9 Å². The monoisotopic (exact) mass is 424 g/mol. The Bertz CT molecular complexity index is 1030. The van der Waals surface area contributed by atoms with Crippen molar-refractivity contribution in [2.75, 3.05) is 0 Å². The molecule has 0 amide bonds. The number of aromatic nitrogens is 1. The van der Waals surface area contributed by atoms with Gasteiger partial charge in [-0.1, -0.05) is 0 Å². The topological polar surface area (TPSA) is 24.9 Å². The molecule has 2 nitrogen and oxygen atoms in total. The van der Waals surface area contributed by atoms with Crippen molar-refractivity contribution in [3.63, 3.8) is 0 Å². The third-order valence-electron chi connectivity index (χ3n) is 5.08. The van der Waals surface area contributed by atoms with Crippen LogP contribution in [0.4, 0.5) is 22.0 Å². The fourth-order valence-corrected chi connectivity index (χ4v) is 4.82. The molecule has 0 spiro atoms. The Hall–Kier alpha value is -2.19. The zero-order valence-electron chi connectivity index (χ0n) is 15.1. The number of nitrogens with zero attached hydrogens (tertiary/aromatic N) is 1. The predicted octanol–water partition coefficient (Wildman–Crippen LogP) is 5.94. The summed E-state index contributed by atoms with van der Waals surface area (Å²) in [6.45, 7) is 0.365. The first kappa shape index (κ1) is 20.1. The van der Waals surface area contributed by atoms with Crippen LogP contribution < -0.4 is 5.32 Å². The first-order valence-electron chi connectivity index (χ1n) is 9.09. The molecule has 152 valence electrons. The van der Waals surface area contributed by atoms with E-state index in [2.05, 4.69) is 10.3 Å². The van der Waals surface area contributed by atoms with Crippen molar-refractivity contribution in [1.82, 2.24) is 10.3 Å². The Labute approximate surface area is 168 Å². The number of rotatable bonds is 5. The molecule has 1 N–H and O–H groups in total. The van der Waals surface area contributed by atoms with E-state index in [1.807, 2.05) is 0 Å². The number of pyridine rings is 1. The van der Waals surface area contributed by atoms with Crippen molar-refractivity contribution >= 4 is 22.5 Å². The summed E-state index contributed by atoms with van der Waals surface area (Å²) in [4.78, 5) is 4.44. The molecule has 1 heterocycles. The maximum absolute atomic E-state index is 14.2. The number of fused-ring (bicyclic) bond motifs is 1. The Balaban J connectivity index is 1.34. The van der Waals surface area contributed by atoms with Crippen molar-refractivity contribution in [3.8, 4) is 0 Å². The summed E-state index contributed by atoms with van der Waals surface area (Å²) in [6.07, 6.45) is 0.0997. The van der Waals surface area contributed by atoms with Gasteiger partial charge in [0, 0.05) is 46.1 Å². The molecule has 29 heavy (non-hydrogen) atoms. The lowest BCUT2D eigenvalue weighted by Gasteiger charge is -2.35. The standard InChI is InChI=1S/C21H17F5N2S/c22-19-3-1-12-10-27-6-5-16(12)17(19)11-28-13-7-15(8-13)29-14-2-4-20(23)18(9-14)21(24,25)26/h1-6,9-10,13,15,28H,7-8,11H2/t13-,15-. The smallest absolute Gasteiger partial charge is 0.310 e. The molecule has 1 saturated carbocycles. The number of benzene rings is 2. The Kier molecular flexibility index (Phi) is 5.48. The second-order valence-electron chi connectivity index (χ2n) is 7.05. The SMILES string of the molecule is Fc1ccc(S[C@H]2C[C@H](NCc3c(F)ccc4cnccc34)C2)cc1C(F)(F)F. The zero-order chi connectivity index (χ0) is 20.6. The van der Waals surface area contributed by atoms with Crippen molar-refractivity contribution in [1.29, 1.82) is 0 Å². The third kappa shape index (κ3) is 4.38. The van der Waals surface area contributed by atoms with Crippen molar-refractivity contribution in [2.24, 2.45) is 0 Å². The summed E-state index contributed by atoms with van der Waals surface area (Å²) in [5.74, 6) is -1.55. The molecular formula is C21H17F5N2S. The Morgan fingerprint density at radius 3 is 2.55 bits per heavy atom. The minimum Gasteiger partial charge on any atom is -0.310 e. The molecule has 0 unspecified atom stereocenters. The lowest BCUT2D eigenvalue weighted by atomic mass is 9.92. The lowest BCUT2D eigenvalue weighted by Crippen LogP contribution is -2.42. The fraction of sp³-hybridized carbons (Fsp3) is 0.286. The van der Waals surface area contributed by atoms with Crippen LogP contribution in [0.15, 0.2) is 53.7 Å². The highest BCUT2D eigenvalue weighted by atomic mass is 32.2. The van der Waals surface area contributed by atoms with Crippen LogP contribution in [0, 0.1) is 11.6 Å². The van der Waals surface area contributed by atoms with Crippen LogP contribution in [-0.2, 0) is 12.7 Å². The molecule has 0 atom stereocenters. The summed E-state index contributed by atoms with van der Waals surface area (Å²) in [6, 6.07) is 8.14. The maximum atomic E-state index is 14.2. The van der Waals surface area contributed by atoms with Crippen LogP contribution in [0.5, 0.6) is 0 Å². The van der Waals surface area contributed by atoms with Gasteiger partial charge in [0.15, 0.2) is 0 Å². The highest BCUT2D eigenvalue weighted by Crippen LogP contribution is 2.40. The summed E-state index contributed by atoms with van der Waals surface area (Å²) in [5.41, 5.74) is -0.660. The first-order valence-corrected chi connectivity index (χ1v) is 9.97. The predicted molar refractivity (Wildman–Crippen MR) is 103 cm³/mol. The van der Waals surface area contributed by atoms with Gasteiger partial charge in [0.05, 0.1) is 5.56 Å². The number of alkyl halides is 3. The zero-order valence-corrected chi connectivity index (χ0v) is 16.0. The Morgan fingerprint density at radius 1 is 1.03 bits per heavy atom. The molecule has 4 rings (SSSR count). The van der Waals surface area contributed by atoms with Gasteiger partial charge in [0.1, 0.15) is 11.6 Å². The van der Waals surface area contributed by atoms with Gasteiger partial charge in [0.25, 0.3) is 0 Å². The van der Waals surface area contributed by atoms with Gasteiger partial charge in [-0.2, -0.15) is 13.2 Å². The van der Waals surface area contributed by atoms with Crippen LogP contribution in [0.3, 0.4) is 0 Å². The molecule has 1 aliphatic rings. The van der Waals surface area contributed by atoms with Gasteiger partial charge in [-0.05, 0) is 54.6 Å². The minimum atomic E-state index is -4.71. The molecule has 1 fully saturated rings. The Morgan fingerprint density at radius 2 is 1.79 bits per heavy atom. The van der Waals surface area contributed by atoms with E-state index in [0.717, 1.165) is 35.7 Å². The molecule has 1 aliphatic carbocycles. The van der Waals surface area contributed by atoms with Crippen molar-refractivity contribution in [3.05, 3.63) is 71.6 Å². The largest absolute Gasteiger partial charge is 0.419 e. The summed E-state index contributed by atoms with van der Waals surface area (Å²) in [5, 5.41) is 5.13. The lowest BCUT2D eigenvalue weighted by molar-refractivity contribution is -0.140. The number of nitrogens with one attached hydrogen (secondary N) is 1. The average Bonchev–Trinajstić information content (AvgIpc) is 2.65. The first-order chi connectivity index (χ1) is 13.8. The molecule has 8 heteroatoms. The number of thioether (sulfide) groups is 1. The number of hydrogen-bond donors (Lipinski definition) is 1. The summed E-state index contributed by atoms with van der Waals surface area (Å²) in [7, 11) is 0. The normalized spacial score (nSPS) is 19.3. The van der Waals surface area contributed by atoms with Gasteiger partial charge in [-0.3, -0.25) is 4.98 Å². The van der Waals surface area contributed by atoms with Crippen LogP contribution in [0.1, 0.15) is 24.0 Å². The van der Waals surface area contributed by atoms with E-state index in [0.29, 0.717) is 17.0 Å². The second-order valence-corrected chi connectivity index (χ2v) is 8.43. The van der Waals surface area contributed by atoms with Crippen molar-refractivity contribution < 1.29 is 22.0 Å². The summed E-state index contributed by atoms with van der Waals surface area (Å²) >= 11 is 1.31. The molecule has 2 aromatic carbocycles. The van der Waals surface area contributed by atoms with Gasteiger partial charge < -0.3 is 5.32 Å². The van der Waals surface area contributed by atoms with E-state index in [4.69, 9.17) is 0 Å². The second kappa shape index (κ2) is 7.91.